The number of nitrogens with zero attached hydrogens (tertiary/aromatic N) is 3. The molecule has 37 heavy (non-hydrogen) atoms. The number of nitrogens with one attached hydrogen (secondary N) is 2. The summed E-state index contributed by atoms with van der Waals surface area (Å²) in [6.45, 7) is 6.45. The molecule has 0 spiro atoms. The van der Waals surface area contributed by atoms with E-state index in [4.69, 9.17) is 14.2 Å². The lowest BCUT2D eigenvalue weighted by Crippen LogP contribution is -2.26. The van der Waals surface area contributed by atoms with Crippen LogP contribution in [0.2, 0.25) is 0 Å². The molecule has 2 N–H and O–H groups in total. The van der Waals surface area contributed by atoms with Gasteiger partial charge in [-0.1, -0.05) is 17.8 Å². The third-order valence-corrected chi connectivity index (χ3v) is 6.49. The van der Waals surface area contributed by atoms with Crippen LogP contribution in [0.15, 0.2) is 60.3 Å². The monoisotopic (exact) mass is 525 g/mol. The number of allylic oxidation sites excluding steroid dienone is 1. The number of aromatic nitrogens is 3. The average Bonchev–Trinajstić information content (AvgIpc) is 3.29. The standard InChI is InChI=1S/C26H31N5O5S/c1-6-15-31-23(13-14-27-25(33)18-7-9-19(34-3)10-8-18)29-30-26(31)37-17(2)24(32)28-21-12-11-20(35-4)16-22(21)36-5/h6-12,16-17H,1,13-15H2,2-5H3,(H,27,33)(H,28,32). The fourth-order valence-corrected chi connectivity index (χ4v) is 4.26. The summed E-state index contributed by atoms with van der Waals surface area (Å²) >= 11 is 1.28. The summed E-state index contributed by atoms with van der Waals surface area (Å²) in [7, 11) is 4.67. The minimum Gasteiger partial charge on any atom is -0.497 e. The molecule has 10 nitrogen and oxygen atoms in total. The van der Waals surface area contributed by atoms with Gasteiger partial charge in [-0.2, -0.15) is 0 Å². The lowest BCUT2D eigenvalue weighted by Gasteiger charge is -2.15. The quantitative estimate of drug-likeness (QED) is 0.257. The number of hydrogen-bond acceptors (Lipinski definition) is 8. The van der Waals surface area contributed by atoms with E-state index in [1.54, 1.807) is 69.7 Å². The fourth-order valence-electron chi connectivity index (χ4n) is 3.38. The lowest BCUT2D eigenvalue weighted by atomic mass is 10.2. The Kier molecular flexibility index (Phi) is 9.96. The maximum absolute atomic E-state index is 12.9. The van der Waals surface area contributed by atoms with Crippen LogP contribution < -0.4 is 24.8 Å². The average molecular weight is 526 g/mol. The molecule has 0 saturated carbocycles. The maximum atomic E-state index is 12.9. The van der Waals surface area contributed by atoms with E-state index in [9.17, 15) is 9.59 Å². The number of thioether (sulfide) groups is 1. The second-order valence-corrected chi connectivity index (χ2v) is 9.16. The molecule has 11 heteroatoms. The zero-order chi connectivity index (χ0) is 26.8. The van der Waals surface area contributed by atoms with Crippen LogP contribution in [0.25, 0.3) is 0 Å². The number of ether oxygens (including phenoxy) is 3. The van der Waals surface area contributed by atoms with Gasteiger partial charge in [-0.3, -0.25) is 9.59 Å². The topological polar surface area (TPSA) is 117 Å². The molecule has 3 rings (SSSR count). The third kappa shape index (κ3) is 7.26. The van der Waals surface area contributed by atoms with Crippen molar-refractivity contribution < 1.29 is 23.8 Å². The van der Waals surface area contributed by atoms with Gasteiger partial charge in [0.1, 0.15) is 23.1 Å². The van der Waals surface area contributed by atoms with E-state index in [2.05, 4.69) is 27.4 Å². The van der Waals surface area contributed by atoms with Crippen molar-refractivity contribution in [2.24, 2.45) is 0 Å². The molecular weight excluding hydrogens is 494 g/mol. The summed E-state index contributed by atoms with van der Waals surface area (Å²) in [5, 5.41) is 14.4. The highest BCUT2D eigenvalue weighted by atomic mass is 32.2. The fraction of sp³-hybridized carbons (Fsp3) is 0.308. The molecule has 0 aliphatic rings. The van der Waals surface area contributed by atoms with Gasteiger partial charge in [0.2, 0.25) is 5.91 Å². The van der Waals surface area contributed by atoms with Crippen LogP contribution in [0, 0.1) is 0 Å². The highest BCUT2D eigenvalue weighted by Gasteiger charge is 2.21. The van der Waals surface area contributed by atoms with Crippen LogP contribution >= 0.6 is 11.8 Å². The summed E-state index contributed by atoms with van der Waals surface area (Å²) in [5.74, 6) is 2.09. The van der Waals surface area contributed by atoms with E-state index in [1.165, 1.54) is 18.9 Å². The molecule has 0 aliphatic carbocycles. The van der Waals surface area contributed by atoms with Crippen LogP contribution in [0.3, 0.4) is 0 Å². The minimum absolute atomic E-state index is 0.189. The molecule has 0 bridgehead atoms. The SMILES string of the molecule is C=CCn1c(CCNC(=O)c2ccc(OC)cc2)nnc1SC(C)C(=O)Nc1ccc(OC)cc1OC. The molecule has 2 aromatic carbocycles. The molecular formula is C26H31N5O5S. The predicted octanol–water partition coefficient (Wildman–Crippen LogP) is 3.58. The molecule has 1 heterocycles. The van der Waals surface area contributed by atoms with Gasteiger partial charge in [-0.15, -0.1) is 16.8 Å². The maximum Gasteiger partial charge on any atom is 0.251 e. The molecule has 0 radical (unpaired) electrons. The number of carbonyl (C=O) groups excluding carboxylic acids is 2. The van der Waals surface area contributed by atoms with Crippen LogP contribution in [-0.2, 0) is 17.8 Å². The Labute approximate surface area is 220 Å². The summed E-state index contributed by atoms with van der Waals surface area (Å²) in [6.07, 6.45) is 2.20. The minimum atomic E-state index is -0.470. The van der Waals surface area contributed by atoms with Crippen molar-refractivity contribution in [3.05, 3.63) is 66.5 Å². The number of anilines is 1. The first-order valence-electron chi connectivity index (χ1n) is 11.5. The number of benzene rings is 2. The van der Waals surface area contributed by atoms with E-state index in [0.717, 1.165) is 0 Å². The second kappa shape index (κ2) is 13.4. The summed E-state index contributed by atoms with van der Waals surface area (Å²) in [4.78, 5) is 25.3. The van der Waals surface area contributed by atoms with Crippen molar-refractivity contribution in [1.29, 1.82) is 0 Å². The van der Waals surface area contributed by atoms with E-state index >= 15 is 0 Å². The third-order valence-electron chi connectivity index (χ3n) is 5.41. The number of hydrogen-bond donors (Lipinski definition) is 2. The van der Waals surface area contributed by atoms with Crippen molar-refractivity contribution in [3.63, 3.8) is 0 Å². The number of carbonyl (C=O) groups is 2. The lowest BCUT2D eigenvalue weighted by molar-refractivity contribution is -0.115. The summed E-state index contributed by atoms with van der Waals surface area (Å²) in [6, 6.07) is 12.1. The van der Waals surface area contributed by atoms with Gasteiger partial charge in [0.25, 0.3) is 5.91 Å². The van der Waals surface area contributed by atoms with E-state index in [1.807, 2.05) is 4.57 Å². The smallest absolute Gasteiger partial charge is 0.251 e. The van der Waals surface area contributed by atoms with Crippen molar-refractivity contribution in [3.8, 4) is 17.2 Å². The summed E-state index contributed by atoms with van der Waals surface area (Å²) < 4.78 is 17.6. The Balaban J connectivity index is 1.61. The Hall–Kier alpha value is -3.99. The zero-order valence-corrected chi connectivity index (χ0v) is 22.1. The summed E-state index contributed by atoms with van der Waals surface area (Å²) in [5.41, 5.74) is 1.08. The first-order chi connectivity index (χ1) is 17.9. The number of methoxy groups -OCH3 is 3. The van der Waals surface area contributed by atoms with E-state index in [-0.39, 0.29) is 11.8 Å². The normalized spacial score (nSPS) is 11.4. The van der Waals surface area contributed by atoms with Crippen LogP contribution in [0.1, 0.15) is 23.1 Å². The Morgan fingerprint density at radius 3 is 2.41 bits per heavy atom. The number of amides is 2. The molecule has 1 atom stereocenters. The molecule has 196 valence electrons. The molecule has 1 unspecified atom stereocenters. The Morgan fingerprint density at radius 2 is 1.76 bits per heavy atom. The van der Waals surface area contributed by atoms with Crippen molar-refractivity contribution in [2.75, 3.05) is 33.2 Å². The van der Waals surface area contributed by atoms with Gasteiger partial charge in [-0.05, 0) is 43.3 Å². The van der Waals surface area contributed by atoms with Gasteiger partial charge in [0.15, 0.2) is 5.16 Å². The van der Waals surface area contributed by atoms with Gasteiger partial charge < -0.3 is 29.4 Å². The van der Waals surface area contributed by atoms with Gasteiger partial charge in [-0.25, -0.2) is 0 Å². The zero-order valence-electron chi connectivity index (χ0n) is 21.3. The van der Waals surface area contributed by atoms with Crippen molar-refractivity contribution >= 4 is 29.3 Å². The van der Waals surface area contributed by atoms with Crippen molar-refractivity contribution in [1.82, 2.24) is 20.1 Å². The van der Waals surface area contributed by atoms with Crippen LogP contribution in [-0.4, -0.2) is 59.7 Å². The molecule has 0 fully saturated rings. The van der Waals surface area contributed by atoms with Gasteiger partial charge in [0, 0.05) is 31.1 Å². The highest BCUT2D eigenvalue weighted by Crippen LogP contribution is 2.30. The first kappa shape index (κ1) is 27.6. The predicted molar refractivity (Wildman–Crippen MR) is 143 cm³/mol. The second-order valence-electron chi connectivity index (χ2n) is 7.85. The van der Waals surface area contributed by atoms with Crippen LogP contribution in [0.4, 0.5) is 5.69 Å². The van der Waals surface area contributed by atoms with Crippen molar-refractivity contribution in [2.45, 2.75) is 30.3 Å². The number of rotatable bonds is 13. The molecule has 1 aromatic heterocycles. The molecule has 3 aromatic rings. The van der Waals surface area contributed by atoms with Gasteiger partial charge >= 0.3 is 0 Å². The van der Waals surface area contributed by atoms with E-state index < -0.39 is 5.25 Å². The first-order valence-corrected chi connectivity index (χ1v) is 12.4. The molecule has 0 aliphatic heterocycles. The highest BCUT2D eigenvalue weighted by molar-refractivity contribution is 8.00. The Morgan fingerprint density at radius 1 is 1.05 bits per heavy atom. The largest absolute Gasteiger partial charge is 0.497 e. The van der Waals surface area contributed by atoms with Crippen LogP contribution in [0.5, 0.6) is 17.2 Å². The van der Waals surface area contributed by atoms with Gasteiger partial charge in [0.05, 0.1) is 32.3 Å². The molecule has 0 saturated heterocycles. The Bertz CT molecular complexity index is 1230. The van der Waals surface area contributed by atoms with E-state index in [0.29, 0.717) is 59.0 Å². The molecule has 2 amide bonds.